The van der Waals surface area contributed by atoms with Gasteiger partial charge in [0.25, 0.3) is 0 Å². The van der Waals surface area contributed by atoms with Crippen LogP contribution in [0.15, 0.2) is 48.5 Å². The first-order valence-electron chi connectivity index (χ1n) is 7.56. The molecule has 0 radical (unpaired) electrons. The maximum Gasteiger partial charge on any atom is 0.119 e. The highest BCUT2D eigenvalue weighted by molar-refractivity contribution is 5.33. The van der Waals surface area contributed by atoms with E-state index in [4.69, 9.17) is 10.5 Å². The molecular weight excluding hydrogens is 258 g/mol. The normalized spacial score (nSPS) is 13.7. The number of nitrogens with two attached hydrogens (primary N) is 1. The van der Waals surface area contributed by atoms with E-state index in [9.17, 15) is 0 Å². The molecule has 2 aromatic rings. The third-order valence-electron chi connectivity index (χ3n) is 4.03. The summed E-state index contributed by atoms with van der Waals surface area (Å²) in [6, 6.07) is 17.0. The van der Waals surface area contributed by atoms with E-state index in [0.717, 1.165) is 12.2 Å². The molecule has 21 heavy (non-hydrogen) atoms. The zero-order chi connectivity index (χ0) is 15.3. The molecule has 0 aromatic heterocycles. The van der Waals surface area contributed by atoms with Crippen LogP contribution in [0, 0.1) is 6.92 Å². The monoisotopic (exact) mass is 283 g/mol. The van der Waals surface area contributed by atoms with Gasteiger partial charge in [-0.1, -0.05) is 48.9 Å². The molecule has 0 heterocycles. The Labute approximate surface area is 127 Å². The Morgan fingerprint density at radius 3 is 2.14 bits per heavy atom. The molecule has 2 aromatic carbocycles. The van der Waals surface area contributed by atoms with E-state index in [1.165, 1.54) is 16.7 Å². The molecule has 0 aliphatic heterocycles. The molecule has 0 saturated carbocycles. The standard InChI is InChI=1S/C19H25NO/c1-4-21-18-11-7-16(8-12-18)13-19(3,14-20)17-9-5-15(2)6-10-17/h5-12H,4,13-14,20H2,1-3H3. The van der Waals surface area contributed by atoms with E-state index in [0.29, 0.717) is 13.2 Å². The molecule has 1 atom stereocenters. The quantitative estimate of drug-likeness (QED) is 0.874. The van der Waals surface area contributed by atoms with Crippen LogP contribution >= 0.6 is 0 Å². The Morgan fingerprint density at radius 2 is 1.62 bits per heavy atom. The average Bonchev–Trinajstić information content (AvgIpc) is 2.50. The van der Waals surface area contributed by atoms with Gasteiger partial charge < -0.3 is 10.5 Å². The van der Waals surface area contributed by atoms with Crippen molar-refractivity contribution in [1.82, 2.24) is 0 Å². The first-order chi connectivity index (χ1) is 10.1. The number of hydrogen-bond donors (Lipinski definition) is 1. The maximum atomic E-state index is 6.08. The predicted molar refractivity (Wildman–Crippen MR) is 88.9 cm³/mol. The summed E-state index contributed by atoms with van der Waals surface area (Å²) in [5.74, 6) is 0.922. The largest absolute Gasteiger partial charge is 0.494 e. The lowest BCUT2D eigenvalue weighted by Crippen LogP contribution is -2.34. The van der Waals surface area contributed by atoms with Crippen LogP contribution in [0.1, 0.15) is 30.5 Å². The minimum Gasteiger partial charge on any atom is -0.494 e. The van der Waals surface area contributed by atoms with Crippen molar-refractivity contribution >= 4 is 0 Å². The smallest absolute Gasteiger partial charge is 0.119 e. The number of benzene rings is 2. The molecule has 1 unspecified atom stereocenters. The third kappa shape index (κ3) is 3.85. The van der Waals surface area contributed by atoms with Crippen molar-refractivity contribution in [3.05, 3.63) is 65.2 Å². The van der Waals surface area contributed by atoms with Crippen LogP contribution in [0.2, 0.25) is 0 Å². The Bertz CT molecular complexity index is 559. The Morgan fingerprint density at radius 1 is 1.00 bits per heavy atom. The van der Waals surface area contributed by atoms with Crippen molar-refractivity contribution in [1.29, 1.82) is 0 Å². The molecular formula is C19H25NO. The van der Waals surface area contributed by atoms with Gasteiger partial charge in [0.15, 0.2) is 0 Å². The van der Waals surface area contributed by atoms with Gasteiger partial charge in [-0.25, -0.2) is 0 Å². The highest BCUT2D eigenvalue weighted by Gasteiger charge is 2.25. The van der Waals surface area contributed by atoms with E-state index < -0.39 is 0 Å². The van der Waals surface area contributed by atoms with Gasteiger partial charge in [-0.15, -0.1) is 0 Å². The molecule has 0 saturated heterocycles. The first kappa shape index (κ1) is 15.6. The van der Waals surface area contributed by atoms with E-state index in [1.54, 1.807) is 0 Å². The minimum absolute atomic E-state index is 0.0408. The van der Waals surface area contributed by atoms with Gasteiger partial charge in [0, 0.05) is 12.0 Å². The molecule has 2 nitrogen and oxygen atoms in total. The molecule has 0 bridgehead atoms. The van der Waals surface area contributed by atoms with Gasteiger partial charge in [0.1, 0.15) is 5.75 Å². The fraction of sp³-hybridized carbons (Fsp3) is 0.368. The average molecular weight is 283 g/mol. The zero-order valence-corrected chi connectivity index (χ0v) is 13.2. The predicted octanol–water partition coefficient (Wildman–Crippen LogP) is 3.85. The van der Waals surface area contributed by atoms with Crippen LogP contribution in [0.25, 0.3) is 0 Å². The van der Waals surface area contributed by atoms with Crippen molar-refractivity contribution in [3.8, 4) is 5.75 Å². The summed E-state index contributed by atoms with van der Waals surface area (Å²) in [6.07, 6.45) is 0.930. The maximum absolute atomic E-state index is 6.08. The highest BCUT2D eigenvalue weighted by atomic mass is 16.5. The van der Waals surface area contributed by atoms with Crippen molar-refractivity contribution in [3.63, 3.8) is 0 Å². The molecule has 2 heteroatoms. The second-order valence-corrected chi connectivity index (χ2v) is 5.88. The molecule has 2 N–H and O–H groups in total. The van der Waals surface area contributed by atoms with E-state index in [-0.39, 0.29) is 5.41 Å². The van der Waals surface area contributed by atoms with Gasteiger partial charge in [0.2, 0.25) is 0 Å². The third-order valence-corrected chi connectivity index (χ3v) is 4.03. The van der Waals surface area contributed by atoms with E-state index in [2.05, 4.69) is 50.2 Å². The van der Waals surface area contributed by atoms with Crippen molar-refractivity contribution in [2.75, 3.05) is 13.2 Å². The minimum atomic E-state index is -0.0408. The Hall–Kier alpha value is -1.80. The summed E-state index contributed by atoms with van der Waals surface area (Å²) >= 11 is 0. The lowest BCUT2D eigenvalue weighted by Gasteiger charge is -2.29. The van der Waals surface area contributed by atoms with E-state index >= 15 is 0 Å². The van der Waals surface area contributed by atoms with Gasteiger partial charge in [0.05, 0.1) is 6.61 Å². The van der Waals surface area contributed by atoms with Crippen LogP contribution < -0.4 is 10.5 Å². The summed E-state index contributed by atoms with van der Waals surface area (Å²) in [4.78, 5) is 0. The SMILES string of the molecule is CCOc1ccc(CC(C)(CN)c2ccc(C)cc2)cc1. The fourth-order valence-corrected chi connectivity index (χ4v) is 2.57. The molecule has 0 aliphatic carbocycles. The Kier molecular flexibility index (Phi) is 5.03. The second-order valence-electron chi connectivity index (χ2n) is 5.88. The summed E-state index contributed by atoms with van der Waals surface area (Å²) in [6.45, 7) is 7.66. The number of hydrogen-bond acceptors (Lipinski definition) is 2. The molecule has 112 valence electrons. The van der Waals surface area contributed by atoms with Crippen molar-refractivity contribution < 1.29 is 4.74 Å². The molecule has 0 amide bonds. The van der Waals surface area contributed by atoms with Gasteiger partial charge in [-0.3, -0.25) is 0 Å². The topological polar surface area (TPSA) is 35.2 Å². The summed E-state index contributed by atoms with van der Waals surface area (Å²) in [5.41, 5.74) is 9.89. The molecule has 2 rings (SSSR count). The summed E-state index contributed by atoms with van der Waals surface area (Å²) in [7, 11) is 0. The van der Waals surface area contributed by atoms with Gasteiger partial charge in [-0.05, 0) is 43.5 Å². The molecule has 0 fully saturated rings. The second kappa shape index (κ2) is 6.77. The number of aryl methyl sites for hydroxylation is 1. The van der Waals surface area contributed by atoms with Crippen LogP contribution in [0.4, 0.5) is 0 Å². The first-order valence-corrected chi connectivity index (χ1v) is 7.56. The fourth-order valence-electron chi connectivity index (χ4n) is 2.57. The Balaban J connectivity index is 2.19. The lowest BCUT2D eigenvalue weighted by molar-refractivity contribution is 0.340. The van der Waals surface area contributed by atoms with Crippen molar-refractivity contribution in [2.24, 2.45) is 5.73 Å². The van der Waals surface area contributed by atoms with Gasteiger partial charge in [-0.2, -0.15) is 0 Å². The van der Waals surface area contributed by atoms with Crippen LogP contribution in [-0.4, -0.2) is 13.2 Å². The van der Waals surface area contributed by atoms with Crippen molar-refractivity contribution in [2.45, 2.75) is 32.6 Å². The lowest BCUT2D eigenvalue weighted by atomic mass is 9.77. The van der Waals surface area contributed by atoms with Crippen LogP contribution in [0.5, 0.6) is 5.75 Å². The summed E-state index contributed by atoms with van der Waals surface area (Å²) in [5, 5.41) is 0. The molecule has 0 spiro atoms. The number of rotatable bonds is 6. The molecule has 0 aliphatic rings. The zero-order valence-electron chi connectivity index (χ0n) is 13.2. The van der Waals surface area contributed by atoms with Crippen LogP contribution in [0.3, 0.4) is 0 Å². The van der Waals surface area contributed by atoms with E-state index in [1.807, 2.05) is 19.1 Å². The number of ether oxygens (including phenoxy) is 1. The van der Waals surface area contributed by atoms with Crippen LogP contribution in [-0.2, 0) is 11.8 Å². The highest BCUT2D eigenvalue weighted by Crippen LogP contribution is 2.28. The summed E-state index contributed by atoms with van der Waals surface area (Å²) < 4.78 is 5.49. The van der Waals surface area contributed by atoms with Gasteiger partial charge >= 0.3 is 0 Å².